The number of hydrogen-bond donors (Lipinski definition) is 0. The molecular formula is C9H10N4O. The Bertz CT molecular complexity index is 438. The van der Waals surface area contributed by atoms with Crippen molar-refractivity contribution < 1.29 is 4.74 Å². The predicted molar refractivity (Wildman–Crippen MR) is 50.4 cm³/mol. The summed E-state index contributed by atoms with van der Waals surface area (Å²) in [6.07, 6.45) is 0. The molecule has 14 heavy (non-hydrogen) atoms. The summed E-state index contributed by atoms with van der Waals surface area (Å²) in [4.78, 5) is 0. The van der Waals surface area contributed by atoms with Crippen LogP contribution < -0.4 is 4.74 Å². The van der Waals surface area contributed by atoms with Crippen molar-refractivity contribution in [2.24, 2.45) is 0 Å². The molecule has 1 aromatic heterocycles. The molecule has 0 N–H and O–H groups in total. The van der Waals surface area contributed by atoms with E-state index >= 15 is 0 Å². The van der Waals surface area contributed by atoms with Crippen molar-refractivity contribution in [1.82, 2.24) is 20.2 Å². The first-order valence-electron chi connectivity index (χ1n) is 4.20. The van der Waals surface area contributed by atoms with Gasteiger partial charge in [0.05, 0.1) is 12.8 Å². The Morgan fingerprint density at radius 2 is 2.21 bits per heavy atom. The standard InChI is InChI=1S/C9H10N4O/c1-7-10-11-12-13(7)8-4-3-5-9(6-8)14-2/h3-6H,1-2H3. The van der Waals surface area contributed by atoms with Crippen LogP contribution in [0.15, 0.2) is 24.3 Å². The van der Waals surface area contributed by atoms with Gasteiger partial charge < -0.3 is 4.74 Å². The molecule has 0 fully saturated rings. The average molecular weight is 190 g/mol. The fourth-order valence-corrected chi connectivity index (χ4v) is 1.21. The summed E-state index contributed by atoms with van der Waals surface area (Å²) in [6.45, 7) is 1.85. The first-order valence-corrected chi connectivity index (χ1v) is 4.20. The van der Waals surface area contributed by atoms with Gasteiger partial charge in [0.15, 0.2) is 5.82 Å². The van der Waals surface area contributed by atoms with Crippen molar-refractivity contribution in [2.45, 2.75) is 6.92 Å². The fraction of sp³-hybridized carbons (Fsp3) is 0.222. The molecule has 0 amide bonds. The lowest BCUT2D eigenvalue weighted by Crippen LogP contribution is -1.99. The maximum atomic E-state index is 5.11. The van der Waals surface area contributed by atoms with Crippen molar-refractivity contribution in [1.29, 1.82) is 0 Å². The average Bonchev–Trinajstić information content (AvgIpc) is 2.65. The highest BCUT2D eigenvalue weighted by Gasteiger charge is 2.03. The second-order valence-electron chi connectivity index (χ2n) is 2.84. The first kappa shape index (κ1) is 8.68. The Labute approximate surface area is 81.3 Å². The van der Waals surface area contributed by atoms with E-state index in [-0.39, 0.29) is 0 Å². The highest BCUT2D eigenvalue weighted by molar-refractivity contribution is 5.38. The quantitative estimate of drug-likeness (QED) is 0.708. The molecule has 0 aliphatic rings. The van der Waals surface area contributed by atoms with E-state index in [0.29, 0.717) is 0 Å². The number of aryl methyl sites for hydroxylation is 1. The van der Waals surface area contributed by atoms with Gasteiger partial charge in [-0.3, -0.25) is 0 Å². The molecule has 0 saturated carbocycles. The van der Waals surface area contributed by atoms with Crippen LogP contribution >= 0.6 is 0 Å². The van der Waals surface area contributed by atoms with Gasteiger partial charge in [-0.15, -0.1) is 5.10 Å². The zero-order chi connectivity index (χ0) is 9.97. The molecule has 72 valence electrons. The maximum absolute atomic E-state index is 5.11. The summed E-state index contributed by atoms with van der Waals surface area (Å²) < 4.78 is 6.77. The van der Waals surface area contributed by atoms with Crippen LogP contribution in [-0.2, 0) is 0 Å². The molecule has 5 heteroatoms. The number of hydrogen-bond acceptors (Lipinski definition) is 4. The number of nitrogens with zero attached hydrogens (tertiary/aromatic N) is 4. The van der Waals surface area contributed by atoms with Gasteiger partial charge in [0.25, 0.3) is 0 Å². The van der Waals surface area contributed by atoms with Gasteiger partial charge in [0.1, 0.15) is 5.75 Å². The van der Waals surface area contributed by atoms with Crippen molar-refractivity contribution >= 4 is 0 Å². The maximum Gasteiger partial charge on any atom is 0.153 e. The smallest absolute Gasteiger partial charge is 0.153 e. The van der Waals surface area contributed by atoms with Gasteiger partial charge in [0.2, 0.25) is 0 Å². The zero-order valence-electron chi connectivity index (χ0n) is 8.01. The molecule has 0 bridgehead atoms. The topological polar surface area (TPSA) is 52.8 Å². The largest absolute Gasteiger partial charge is 0.497 e. The summed E-state index contributed by atoms with van der Waals surface area (Å²) in [7, 11) is 1.63. The van der Waals surface area contributed by atoms with E-state index in [4.69, 9.17) is 4.74 Å². The Hall–Kier alpha value is -1.91. The summed E-state index contributed by atoms with van der Waals surface area (Å²) in [5.41, 5.74) is 0.895. The van der Waals surface area contributed by atoms with Crippen LogP contribution in [0.2, 0.25) is 0 Å². The molecule has 1 heterocycles. The molecule has 0 atom stereocenters. The lowest BCUT2D eigenvalue weighted by atomic mass is 10.3. The van der Waals surface area contributed by atoms with Crippen molar-refractivity contribution in [3.63, 3.8) is 0 Å². The van der Waals surface area contributed by atoms with E-state index in [9.17, 15) is 0 Å². The molecule has 0 unspecified atom stereocenters. The third kappa shape index (κ3) is 1.44. The summed E-state index contributed by atoms with van der Waals surface area (Å²) in [6, 6.07) is 7.58. The minimum Gasteiger partial charge on any atom is -0.497 e. The van der Waals surface area contributed by atoms with Crippen LogP contribution in [0.1, 0.15) is 5.82 Å². The van der Waals surface area contributed by atoms with Gasteiger partial charge in [-0.05, 0) is 29.5 Å². The molecule has 0 aliphatic heterocycles. The lowest BCUT2D eigenvalue weighted by Gasteiger charge is -2.03. The number of rotatable bonds is 2. The van der Waals surface area contributed by atoms with Crippen molar-refractivity contribution in [2.75, 3.05) is 7.11 Å². The predicted octanol–water partition coefficient (Wildman–Crippen LogP) is 0.979. The van der Waals surface area contributed by atoms with Crippen LogP contribution in [0.25, 0.3) is 5.69 Å². The highest BCUT2D eigenvalue weighted by atomic mass is 16.5. The fourth-order valence-electron chi connectivity index (χ4n) is 1.21. The molecule has 2 aromatic rings. The number of aromatic nitrogens is 4. The molecule has 0 spiro atoms. The molecule has 0 aliphatic carbocycles. The number of benzene rings is 1. The Morgan fingerprint density at radius 1 is 1.36 bits per heavy atom. The van der Waals surface area contributed by atoms with E-state index in [1.807, 2.05) is 31.2 Å². The van der Waals surface area contributed by atoms with E-state index in [1.54, 1.807) is 11.8 Å². The van der Waals surface area contributed by atoms with Gasteiger partial charge in [0, 0.05) is 6.07 Å². The summed E-state index contributed by atoms with van der Waals surface area (Å²) in [5, 5.41) is 11.2. The van der Waals surface area contributed by atoms with Gasteiger partial charge >= 0.3 is 0 Å². The molecule has 0 saturated heterocycles. The number of methoxy groups -OCH3 is 1. The Kier molecular flexibility index (Phi) is 2.14. The normalized spacial score (nSPS) is 10.1. The first-order chi connectivity index (χ1) is 6.81. The number of tetrazole rings is 1. The van der Waals surface area contributed by atoms with Crippen LogP contribution in [0.4, 0.5) is 0 Å². The Balaban J connectivity index is 2.47. The molecule has 5 nitrogen and oxygen atoms in total. The van der Waals surface area contributed by atoms with Crippen LogP contribution in [0, 0.1) is 6.92 Å². The van der Waals surface area contributed by atoms with E-state index in [1.165, 1.54) is 0 Å². The Morgan fingerprint density at radius 3 is 2.86 bits per heavy atom. The third-order valence-corrected chi connectivity index (χ3v) is 1.92. The zero-order valence-corrected chi connectivity index (χ0v) is 8.01. The second-order valence-corrected chi connectivity index (χ2v) is 2.84. The summed E-state index contributed by atoms with van der Waals surface area (Å²) >= 11 is 0. The second kappa shape index (κ2) is 3.45. The minimum atomic E-state index is 0.748. The van der Waals surface area contributed by atoms with Gasteiger partial charge in [-0.25, -0.2) is 0 Å². The van der Waals surface area contributed by atoms with E-state index in [2.05, 4.69) is 15.5 Å². The third-order valence-electron chi connectivity index (χ3n) is 1.92. The lowest BCUT2D eigenvalue weighted by molar-refractivity contribution is 0.414. The molecule has 0 radical (unpaired) electrons. The van der Waals surface area contributed by atoms with Crippen molar-refractivity contribution in [3.05, 3.63) is 30.1 Å². The van der Waals surface area contributed by atoms with E-state index < -0.39 is 0 Å². The summed E-state index contributed by atoms with van der Waals surface area (Å²) in [5.74, 6) is 1.54. The molecular weight excluding hydrogens is 180 g/mol. The number of ether oxygens (including phenoxy) is 1. The minimum absolute atomic E-state index is 0.748. The molecule has 2 rings (SSSR count). The van der Waals surface area contributed by atoms with Crippen molar-refractivity contribution in [3.8, 4) is 11.4 Å². The van der Waals surface area contributed by atoms with Crippen LogP contribution in [0.3, 0.4) is 0 Å². The highest BCUT2D eigenvalue weighted by Crippen LogP contribution is 2.15. The SMILES string of the molecule is COc1cccc(-n2nnnc2C)c1. The van der Waals surface area contributed by atoms with Gasteiger partial charge in [-0.1, -0.05) is 6.07 Å². The van der Waals surface area contributed by atoms with Crippen LogP contribution in [0.5, 0.6) is 5.75 Å². The molecule has 1 aromatic carbocycles. The van der Waals surface area contributed by atoms with E-state index in [0.717, 1.165) is 17.3 Å². The van der Waals surface area contributed by atoms with Crippen LogP contribution in [-0.4, -0.2) is 27.3 Å². The monoisotopic (exact) mass is 190 g/mol. The van der Waals surface area contributed by atoms with Gasteiger partial charge in [-0.2, -0.15) is 4.68 Å².